The summed E-state index contributed by atoms with van der Waals surface area (Å²) in [5, 5.41) is 11.5. The lowest BCUT2D eigenvalue weighted by molar-refractivity contribution is -0.307. The number of carbonyl (C=O) groups is 4. The molecule has 1 N–H and O–H groups in total. The van der Waals surface area contributed by atoms with E-state index >= 15 is 0 Å². The van der Waals surface area contributed by atoms with Crippen molar-refractivity contribution in [3.05, 3.63) is 24.3 Å². The maximum atomic E-state index is 13.5. The van der Waals surface area contributed by atoms with Crippen molar-refractivity contribution in [1.29, 1.82) is 0 Å². The summed E-state index contributed by atoms with van der Waals surface area (Å²) < 4.78 is 65.6. The minimum absolute atomic E-state index is 0.0112. The minimum atomic E-state index is -1.80. The predicted octanol–water partition coefficient (Wildman–Crippen LogP) is 3.38. The summed E-state index contributed by atoms with van der Waals surface area (Å²) in [6.07, 6.45) is -2.39. The summed E-state index contributed by atoms with van der Waals surface area (Å²) in [5.74, 6) is -3.50. The molecule has 324 valence electrons. The summed E-state index contributed by atoms with van der Waals surface area (Å²) >= 11 is 0. The zero-order chi connectivity index (χ0) is 42.2. The van der Waals surface area contributed by atoms with E-state index in [1.165, 1.54) is 40.4 Å². The molecule has 0 spiro atoms. The number of fused-ring (bicyclic) bond motifs is 1. The lowest BCUT2D eigenvalue weighted by atomic mass is 9.82. The fourth-order valence-corrected chi connectivity index (χ4v) is 7.85. The number of cyclic esters (lactones) is 1. The molecule has 57 heavy (non-hydrogen) atoms. The Labute approximate surface area is 336 Å². The molecule has 4 aliphatic rings. The Morgan fingerprint density at radius 1 is 0.789 bits per heavy atom. The lowest BCUT2D eigenvalue weighted by Gasteiger charge is -2.44. The van der Waals surface area contributed by atoms with Gasteiger partial charge in [-0.3, -0.25) is 14.4 Å². The summed E-state index contributed by atoms with van der Waals surface area (Å²) in [7, 11) is 4.49. The highest BCUT2D eigenvalue weighted by atomic mass is 16.7. The van der Waals surface area contributed by atoms with Gasteiger partial charge in [0.2, 0.25) is 0 Å². The molecule has 0 aliphatic carbocycles. The van der Waals surface area contributed by atoms with Crippen molar-refractivity contribution in [2.24, 2.45) is 17.8 Å². The maximum absolute atomic E-state index is 13.5. The SMILES string of the molecule is CCC(=O)O[C@@H]1[C@H](OC)[C@H](OC)[C@@H](OCC2C(C)OC(=O)/C=C/C(C)C(O[C@H]3O[C@@H](C)C[C@@H](OC)[C@@H]3OC(=O)CC)C(C)CC(C)(O)C(=O)/C=C/C3OC32)O[C@H]1C. The molecule has 3 fully saturated rings. The molecular formula is C41H64O16. The highest BCUT2D eigenvalue weighted by molar-refractivity contribution is 5.96. The molecule has 0 aromatic rings. The fourth-order valence-electron chi connectivity index (χ4n) is 7.85. The van der Waals surface area contributed by atoms with Crippen LogP contribution in [0, 0.1) is 17.8 Å². The van der Waals surface area contributed by atoms with Gasteiger partial charge in [-0.2, -0.15) is 0 Å². The molecule has 3 saturated heterocycles. The topological polar surface area (TPSA) is 193 Å². The van der Waals surface area contributed by atoms with Crippen LogP contribution in [-0.2, 0) is 71.3 Å². The first-order valence-corrected chi connectivity index (χ1v) is 20.0. The van der Waals surface area contributed by atoms with E-state index in [0.29, 0.717) is 6.42 Å². The van der Waals surface area contributed by atoms with Crippen molar-refractivity contribution in [1.82, 2.24) is 0 Å². The first-order valence-electron chi connectivity index (χ1n) is 20.0. The van der Waals surface area contributed by atoms with Gasteiger partial charge in [0.25, 0.3) is 0 Å². The molecule has 0 aromatic heterocycles. The summed E-state index contributed by atoms with van der Waals surface area (Å²) in [6, 6.07) is 0. The zero-order valence-electron chi connectivity index (χ0n) is 35.2. The Balaban J connectivity index is 1.57. The molecular weight excluding hydrogens is 748 g/mol. The van der Waals surface area contributed by atoms with E-state index in [9.17, 15) is 24.3 Å². The molecule has 0 amide bonds. The Morgan fingerprint density at radius 3 is 2.05 bits per heavy atom. The van der Waals surface area contributed by atoms with Gasteiger partial charge >= 0.3 is 17.9 Å². The predicted molar refractivity (Wildman–Crippen MR) is 201 cm³/mol. The van der Waals surface area contributed by atoms with E-state index in [-0.39, 0.29) is 32.0 Å². The van der Waals surface area contributed by atoms with Crippen molar-refractivity contribution in [3.63, 3.8) is 0 Å². The fraction of sp³-hybridized carbons (Fsp3) is 0.805. The molecule has 4 heterocycles. The molecule has 4 aliphatic heterocycles. The minimum Gasteiger partial charge on any atom is -0.459 e. The van der Waals surface area contributed by atoms with Gasteiger partial charge in [0.1, 0.15) is 36.1 Å². The highest BCUT2D eigenvalue weighted by Crippen LogP contribution is 2.37. The van der Waals surface area contributed by atoms with Gasteiger partial charge in [-0.15, -0.1) is 0 Å². The quantitative estimate of drug-likeness (QED) is 0.171. The van der Waals surface area contributed by atoms with Crippen LogP contribution in [0.4, 0.5) is 0 Å². The second-order valence-electron chi connectivity index (χ2n) is 15.8. The van der Waals surface area contributed by atoms with Gasteiger partial charge in [0.05, 0.1) is 31.0 Å². The van der Waals surface area contributed by atoms with Crippen molar-refractivity contribution in [3.8, 4) is 0 Å². The van der Waals surface area contributed by atoms with Crippen molar-refractivity contribution < 1.29 is 76.4 Å². The van der Waals surface area contributed by atoms with Crippen LogP contribution in [0.1, 0.15) is 81.1 Å². The molecule has 0 saturated carbocycles. The second kappa shape index (κ2) is 20.9. The molecule has 4 rings (SSSR count). The number of rotatable bonds is 12. The number of aliphatic hydroxyl groups is 1. The second-order valence-corrected chi connectivity index (χ2v) is 15.8. The number of ether oxygens (including phenoxy) is 11. The van der Waals surface area contributed by atoms with Crippen molar-refractivity contribution in [2.45, 2.75) is 166 Å². The van der Waals surface area contributed by atoms with E-state index in [2.05, 4.69) is 0 Å². The molecule has 8 unspecified atom stereocenters. The van der Waals surface area contributed by atoms with Crippen LogP contribution in [-0.4, -0.2) is 142 Å². The van der Waals surface area contributed by atoms with Gasteiger partial charge in [-0.1, -0.05) is 33.8 Å². The number of hydrogen-bond acceptors (Lipinski definition) is 16. The van der Waals surface area contributed by atoms with E-state index in [4.69, 9.17) is 52.1 Å². The van der Waals surface area contributed by atoms with Crippen LogP contribution in [0.25, 0.3) is 0 Å². The van der Waals surface area contributed by atoms with E-state index in [0.717, 1.165) is 0 Å². The number of ketones is 1. The van der Waals surface area contributed by atoms with E-state index < -0.39 is 121 Å². The standard InChI is InChI=1S/C41H64O16/c1-12-30(43)55-34-25(7)53-39(38(49-11)37(34)48-10)50-20-26-24(6)52-32(45)17-14-21(3)33(22(4)19-41(8,46)29(42)16-15-27-35(26)54-27)57-40-36(56-31(44)13-2)28(47-9)18-23(5)51-40/h14-17,21-28,33-40,46H,12-13,18-20H2,1-11H3/b16-15+,17-14+/t21?,22?,23-,24?,25-,26?,27?,28+,33?,34-,35?,36-,37-,38-,39-,40+,41?/m0/s1. The summed E-state index contributed by atoms with van der Waals surface area (Å²) in [6.45, 7) is 13.8. The first-order chi connectivity index (χ1) is 27.0. The van der Waals surface area contributed by atoms with Gasteiger partial charge in [-0.05, 0) is 52.2 Å². The molecule has 0 aromatic carbocycles. The Hall–Kier alpha value is -2.80. The number of epoxide rings is 1. The zero-order valence-corrected chi connectivity index (χ0v) is 35.2. The van der Waals surface area contributed by atoms with Gasteiger partial charge < -0.3 is 57.2 Å². The number of carbonyl (C=O) groups excluding carboxylic acids is 4. The van der Waals surface area contributed by atoms with E-state index in [1.807, 2.05) is 20.8 Å². The van der Waals surface area contributed by atoms with Crippen LogP contribution >= 0.6 is 0 Å². The average molecular weight is 813 g/mol. The summed E-state index contributed by atoms with van der Waals surface area (Å²) in [4.78, 5) is 51.6. The molecule has 17 atom stereocenters. The number of methoxy groups -OCH3 is 3. The van der Waals surface area contributed by atoms with Crippen molar-refractivity contribution in [2.75, 3.05) is 27.9 Å². The Kier molecular flexibility index (Phi) is 17.2. The molecule has 0 bridgehead atoms. The normalized spacial score (nSPS) is 42.9. The van der Waals surface area contributed by atoms with E-state index in [1.54, 1.807) is 39.8 Å². The third-order valence-corrected chi connectivity index (χ3v) is 11.2. The van der Waals surface area contributed by atoms with Gasteiger partial charge in [0, 0.05) is 58.5 Å². The van der Waals surface area contributed by atoms with Crippen LogP contribution in [0.2, 0.25) is 0 Å². The smallest absolute Gasteiger partial charge is 0.330 e. The average Bonchev–Trinajstić information content (AvgIpc) is 3.94. The van der Waals surface area contributed by atoms with Gasteiger partial charge in [0.15, 0.2) is 30.6 Å². The van der Waals surface area contributed by atoms with Crippen molar-refractivity contribution >= 4 is 23.7 Å². The van der Waals surface area contributed by atoms with Gasteiger partial charge in [-0.25, -0.2) is 4.79 Å². The largest absolute Gasteiger partial charge is 0.459 e. The molecule has 16 nitrogen and oxygen atoms in total. The lowest BCUT2D eigenvalue weighted by Crippen LogP contribution is -2.60. The van der Waals surface area contributed by atoms with Crippen LogP contribution in [0.3, 0.4) is 0 Å². The Bertz CT molecular complexity index is 1410. The summed E-state index contributed by atoms with van der Waals surface area (Å²) in [5.41, 5.74) is -1.80. The molecule has 0 radical (unpaired) electrons. The monoisotopic (exact) mass is 812 g/mol. The third kappa shape index (κ3) is 12.1. The van der Waals surface area contributed by atoms with Crippen LogP contribution < -0.4 is 0 Å². The maximum Gasteiger partial charge on any atom is 0.330 e. The number of hydrogen-bond donors (Lipinski definition) is 1. The third-order valence-electron chi connectivity index (χ3n) is 11.2. The molecule has 16 heteroatoms. The highest BCUT2D eigenvalue weighted by Gasteiger charge is 2.51. The van der Waals surface area contributed by atoms with Crippen LogP contribution in [0.15, 0.2) is 24.3 Å². The first kappa shape index (κ1) is 46.9. The Morgan fingerprint density at radius 2 is 1.44 bits per heavy atom. The number of esters is 3. The van der Waals surface area contributed by atoms with Crippen LogP contribution in [0.5, 0.6) is 0 Å².